The molecule has 1 aromatic carbocycles. The number of nitrogens with zero attached hydrogens (tertiary/aromatic N) is 2. The van der Waals surface area contributed by atoms with Crippen molar-refractivity contribution in [3.05, 3.63) is 28.2 Å². The predicted octanol–water partition coefficient (Wildman–Crippen LogP) is 4.34. The molecule has 0 amide bonds. The van der Waals surface area contributed by atoms with E-state index in [1.807, 2.05) is 18.2 Å². The fourth-order valence-corrected chi connectivity index (χ4v) is 3.19. The van der Waals surface area contributed by atoms with Gasteiger partial charge in [0.05, 0.1) is 11.3 Å². The highest BCUT2D eigenvalue weighted by Crippen LogP contribution is 2.32. The van der Waals surface area contributed by atoms with E-state index in [0.717, 1.165) is 21.6 Å². The molecular weight excluding hydrogens is 288 g/mol. The summed E-state index contributed by atoms with van der Waals surface area (Å²) in [6.07, 6.45) is 5.06. The van der Waals surface area contributed by atoms with Crippen LogP contribution in [0, 0.1) is 17.2 Å². The minimum atomic E-state index is 0.572. The van der Waals surface area contributed by atoms with Crippen LogP contribution in [0.1, 0.15) is 38.2 Å². The molecular formula is C15H19BrN2. The third-order valence-electron chi connectivity index (χ3n) is 4.02. The van der Waals surface area contributed by atoms with Crippen molar-refractivity contribution in [2.45, 2.75) is 38.6 Å². The first-order chi connectivity index (χ1) is 8.63. The van der Waals surface area contributed by atoms with E-state index in [1.54, 1.807) is 0 Å². The fourth-order valence-electron chi connectivity index (χ4n) is 2.74. The van der Waals surface area contributed by atoms with E-state index in [2.05, 4.69) is 40.9 Å². The number of benzene rings is 1. The van der Waals surface area contributed by atoms with Gasteiger partial charge in [-0.25, -0.2) is 0 Å². The number of rotatable bonds is 2. The third-order valence-corrected chi connectivity index (χ3v) is 4.68. The average Bonchev–Trinajstić information content (AvgIpc) is 2.38. The van der Waals surface area contributed by atoms with E-state index in [1.165, 1.54) is 25.7 Å². The predicted molar refractivity (Wildman–Crippen MR) is 78.7 cm³/mol. The summed E-state index contributed by atoms with van der Waals surface area (Å²) in [6.45, 7) is 2.33. The summed E-state index contributed by atoms with van der Waals surface area (Å²) in [4.78, 5) is 2.29. The molecule has 0 heterocycles. The van der Waals surface area contributed by atoms with Crippen LogP contribution in [0.15, 0.2) is 22.7 Å². The molecule has 0 aromatic heterocycles. The first-order valence-corrected chi connectivity index (χ1v) is 7.34. The summed E-state index contributed by atoms with van der Waals surface area (Å²) in [5, 5.41) is 9.28. The summed E-state index contributed by atoms with van der Waals surface area (Å²) in [7, 11) is 2.11. The molecule has 1 aliphatic carbocycles. The maximum Gasteiger partial charge on any atom is 0.103 e. The maximum atomic E-state index is 9.28. The van der Waals surface area contributed by atoms with Crippen LogP contribution in [-0.4, -0.2) is 13.1 Å². The third kappa shape index (κ3) is 2.70. The quantitative estimate of drug-likeness (QED) is 0.813. The van der Waals surface area contributed by atoms with Gasteiger partial charge in [-0.1, -0.05) is 13.0 Å². The molecule has 1 fully saturated rings. The maximum absolute atomic E-state index is 9.28. The Morgan fingerprint density at radius 1 is 1.28 bits per heavy atom. The van der Waals surface area contributed by atoms with E-state index in [-0.39, 0.29) is 0 Å². The van der Waals surface area contributed by atoms with Gasteiger partial charge in [-0.2, -0.15) is 5.26 Å². The Labute approximate surface area is 118 Å². The average molecular weight is 307 g/mol. The van der Waals surface area contributed by atoms with Gasteiger partial charge in [-0.05, 0) is 59.7 Å². The van der Waals surface area contributed by atoms with E-state index in [4.69, 9.17) is 0 Å². The number of anilines is 1. The molecule has 0 N–H and O–H groups in total. The van der Waals surface area contributed by atoms with E-state index >= 15 is 0 Å². The van der Waals surface area contributed by atoms with Crippen molar-refractivity contribution in [2.75, 3.05) is 11.9 Å². The molecule has 3 heteroatoms. The zero-order valence-electron chi connectivity index (χ0n) is 11.0. The summed E-state index contributed by atoms with van der Waals surface area (Å²) in [5.41, 5.74) is 1.80. The van der Waals surface area contributed by atoms with E-state index in [0.29, 0.717) is 6.04 Å². The van der Waals surface area contributed by atoms with Gasteiger partial charge in [-0.15, -0.1) is 0 Å². The normalized spacial score (nSPS) is 23.4. The van der Waals surface area contributed by atoms with Gasteiger partial charge in [0.15, 0.2) is 0 Å². The molecule has 96 valence electrons. The summed E-state index contributed by atoms with van der Waals surface area (Å²) < 4.78 is 0.888. The lowest BCUT2D eigenvalue weighted by molar-refractivity contribution is 0.340. The molecule has 1 saturated carbocycles. The number of nitriles is 1. The van der Waals surface area contributed by atoms with Gasteiger partial charge >= 0.3 is 0 Å². The molecule has 0 aliphatic heterocycles. The number of halogens is 1. The Bertz CT molecular complexity index is 456. The first-order valence-electron chi connectivity index (χ1n) is 6.55. The van der Waals surface area contributed by atoms with Crippen molar-refractivity contribution in [2.24, 2.45) is 5.92 Å². The summed E-state index contributed by atoms with van der Waals surface area (Å²) in [5.74, 6) is 0.854. The molecule has 2 nitrogen and oxygen atoms in total. The van der Waals surface area contributed by atoms with E-state index < -0.39 is 0 Å². The first kappa shape index (κ1) is 13.4. The van der Waals surface area contributed by atoms with Crippen LogP contribution in [0.2, 0.25) is 0 Å². The van der Waals surface area contributed by atoms with Crippen molar-refractivity contribution in [1.82, 2.24) is 0 Å². The Hall–Kier alpha value is -1.01. The van der Waals surface area contributed by atoms with Crippen LogP contribution in [0.3, 0.4) is 0 Å². The molecule has 0 spiro atoms. The van der Waals surface area contributed by atoms with Gasteiger partial charge < -0.3 is 4.90 Å². The lowest BCUT2D eigenvalue weighted by Crippen LogP contribution is -2.35. The molecule has 1 aromatic rings. The summed E-state index contributed by atoms with van der Waals surface area (Å²) >= 11 is 3.46. The second kappa shape index (κ2) is 5.75. The van der Waals surface area contributed by atoms with Gasteiger partial charge in [-0.3, -0.25) is 0 Å². The monoisotopic (exact) mass is 306 g/mol. The highest BCUT2D eigenvalue weighted by molar-refractivity contribution is 9.10. The van der Waals surface area contributed by atoms with Crippen LogP contribution >= 0.6 is 15.9 Å². The molecule has 0 saturated heterocycles. The molecule has 0 bridgehead atoms. The lowest BCUT2D eigenvalue weighted by atomic mass is 9.86. The standard InChI is InChI=1S/C15H19BrN2/c1-11-6-8-12(9-7-11)18(2)15-5-3-4-14(16)13(15)10-17/h3-5,11-12H,6-9H2,1-2H3. The Morgan fingerprint density at radius 3 is 2.56 bits per heavy atom. The smallest absolute Gasteiger partial charge is 0.103 e. The SMILES string of the molecule is CC1CCC(N(C)c2cccc(Br)c2C#N)CC1. The fraction of sp³-hybridized carbons (Fsp3) is 0.533. The van der Waals surface area contributed by atoms with Crippen LogP contribution < -0.4 is 4.90 Å². The van der Waals surface area contributed by atoms with Crippen LogP contribution in [-0.2, 0) is 0 Å². The number of hydrogen-bond donors (Lipinski definition) is 0. The second-order valence-electron chi connectivity index (χ2n) is 5.27. The van der Waals surface area contributed by atoms with Gasteiger partial charge in [0.2, 0.25) is 0 Å². The largest absolute Gasteiger partial charge is 0.371 e. The van der Waals surface area contributed by atoms with Crippen LogP contribution in [0.4, 0.5) is 5.69 Å². The molecule has 2 rings (SSSR count). The Morgan fingerprint density at radius 2 is 1.94 bits per heavy atom. The van der Waals surface area contributed by atoms with Crippen molar-refractivity contribution in [3.8, 4) is 6.07 Å². The summed E-state index contributed by atoms with van der Waals surface area (Å²) in [6, 6.07) is 8.85. The van der Waals surface area contributed by atoms with Crippen molar-refractivity contribution >= 4 is 21.6 Å². The van der Waals surface area contributed by atoms with Crippen LogP contribution in [0.5, 0.6) is 0 Å². The Balaban J connectivity index is 2.21. The second-order valence-corrected chi connectivity index (χ2v) is 6.12. The molecule has 1 aliphatic rings. The minimum Gasteiger partial charge on any atom is -0.371 e. The van der Waals surface area contributed by atoms with Crippen molar-refractivity contribution < 1.29 is 0 Å². The topological polar surface area (TPSA) is 27.0 Å². The molecule has 18 heavy (non-hydrogen) atoms. The lowest BCUT2D eigenvalue weighted by Gasteiger charge is -2.35. The van der Waals surface area contributed by atoms with Gasteiger partial charge in [0.25, 0.3) is 0 Å². The number of hydrogen-bond acceptors (Lipinski definition) is 2. The molecule has 0 radical (unpaired) electrons. The van der Waals surface area contributed by atoms with Gasteiger partial charge in [0, 0.05) is 17.6 Å². The highest BCUT2D eigenvalue weighted by atomic mass is 79.9. The van der Waals surface area contributed by atoms with E-state index in [9.17, 15) is 5.26 Å². The molecule has 0 unspecified atom stereocenters. The Kier molecular flexibility index (Phi) is 4.29. The van der Waals surface area contributed by atoms with Gasteiger partial charge in [0.1, 0.15) is 6.07 Å². The zero-order valence-corrected chi connectivity index (χ0v) is 12.6. The molecule has 0 atom stereocenters. The van der Waals surface area contributed by atoms with Crippen molar-refractivity contribution in [3.63, 3.8) is 0 Å². The minimum absolute atomic E-state index is 0.572. The van der Waals surface area contributed by atoms with Crippen LogP contribution in [0.25, 0.3) is 0 Å². The van der Waals surface area contributed by atoms with Crippen molar-refractivity contribution in [1.29, 1.82) is 5.26 Å². The zero-order chi connectivity index (χ0) is 13.1. The highest BCUT2D eigenvalue weighted by Gasteiger charge is 2.23.